The van der Waals surface area contributed by atoms with Crippen LogP contribution in [0.3, 0.4) is 0 Å². The minimum atomic E-state index is -0.205. The van der Waals surface area contributed by atoms with E-state index in [2.05, 4.69) is 27.8 Å². The summed E-state index contributed by atoms with van der Waals surface area (Å²) in [5, 5.41) is 13.4. The molecule has 0 saturated heterocycles. The molecule has 0 aliphatic carbocycles. The van der Waals surface area contributed by atoms with Crippen molar-refractivity contribution < 1.29 is 9.59 Å². The Bertz CT molecular complexity index is 858. The second-order valence-electron chi connectivity index (χ2n) is 6.80. The fourth-order valence-electron chi connectivity index (χ4n) is 3.71. The van der Waals surface area contributed by atoms with Crippen molar-refractivity contribution in [2.24, 2.45) is 0 Å². The molecule has 0 fully saturated rings. The highest BCUT2D eigenvalue weighted by Crippen LogP contribution is 2.30. The number of benzene rings is 1. The maximum absolute atomic E-state index is 12.6. The van der Waals surface area contributed by atoms with E-state index in [0.717, 1.165) is 54.1 Å². The van der Waals surface area contributed by atoms with Crippen molar-refractivity contribution in [2.75, 3.05) is 23.3 Å². The van der Waals surface area contributed by atoms with Crippen molar-refractivity contribution in [3.63, 3.8) is 0 Å². The number of amides is 2. The number of hydrogen-bond donors (Lipinski definition) is 3. The summed E-state index contributed by atoms with van der Waals surface area (Å²) in [4.78, 5) is 26.6. The van der Waals surface area contributed by atoms with Gasteiger partial charge in [0.2, 0.25) is 5.91 Å². The molecule has 3 N–H and O–H groups in total. The largest absolute Gasteiger partial charge is 0.321 e. The van der Waals surface area contributed by atoms with Crippen LogP contribution in [0.5, 0.6) is 0 Å². The molecule has 1 aromatic heterocycles. The highest BCUT2D eigenvalue weighted by molar-refractivity contribution is 6.04. The molecule has 7 heteroatoms. The fourth-order valence-corrected chi connectivity index (χ4v) is 3.71. The molecule has 2 aliphatic heterocycles. The molecule has 3 heterocycles. The van der Waals surface area contributed by atoms with Crippen LogP contribution in [0.15, 0.2) is 18.2 Å². The Labute approximate surface area is 152 Å². The Balaban J connectivity index is 1.55. The molecule has 0 saturated carbocycles. The van der Waals surface area contributed by atoms with Gasteiger partial charge in [-0.15, -0.1) is 0 Å². The molecule has 2 aliphatic rings. The number of nitrogens with one attached hydrogen (secondary N) is 3. The number of H-pyrrole nitrogens is 1. The molecular weight excluding hydrogens is 330 g/mol. The Kier molecular flexibility index (Phi) is 4.46. The van der Waals surface area contributed by atoms with Gasteiger partial charge in [-0.05, 0) is 36.6 Å². The number of nitrogens with zero attached hydrogens (tertiary/aromatic N) is 2. The normalized spacial score (nSPS) is 16.2. The van der Waals surface area contributed by atoms with Crippen molar-refractivity contribution in [1.82, 2.24) is 15.5 Å². The maximum atomic E-state index is 12.6. The first-order valence-corrected chi connectivity index (χ1v) is 9.19. The molecule has 7 nitrogen and oxygen atoms in total. The van der Waals surface area contributed by atoms with E-state index < -0.39 is 0 Å². The van der Waals surface area contributed by atoms with Gasteiger partial charge in [0, 0.05) is 55.1 Å². The van der Waals surface area contributed by atoms with Gasteiger partial charge in [-0.3, -0.25) is 14.7 Å². The van der Waals surface area contributed by atoms with E-state index in [0.29, 0.717) is 25.1 Å². The summed E-state index contributed by atoms with van der Waals surface area (Å²) in [6.07, 6.45) is 3.00. The van der Waals surface area contributed by atoms with E-state index in [4.69, 9.17) is 0 Å². The number of fused-ring (bicyclic) bond motifs is 2. The summed E-state index contributed by atoms with van der Waals surface area (Å²) in [6.45, 7) is 4.35. The van der Waals surface area contributed by atoms with Gasteiger partial charge in [0.05, 0.1) is 0 Å². The van der Waals surface area contributed by atoms with Gasteiger partial charge in [0.15, 0.2) is 5.69 Å². The second-order valence-corrected chi connectivity index (χ2v) is 6.80. The van der Waals surface area contributed by atoms with Gasteiger partial charge >= 0.3 is 0 Å². The molecular formula is C19H23N5O2. The highest BCUT2D eigenvalue weighted by atomic mass is 16.2. The third-order valence-electron chi connectivity index (χ3n) is 5.01. The van der Waals surface area contributed by atoms with Crippen LogP contribution >= 0.6 is 0 Å². The lowest BCUT2D eigenvalue weighted by molar-refractivity contribution is -0.118. The van der Waals surface area contributed by atoms with Gasteiger partial charge in [-0.2, -0.15) is 5.10 Å². The lowest BCUT2D eigenvalue weighted by atomic mass is 10.00. The smallest absolute Gasteiger partial charge is 0.276 e. The number of aromatic nitrogens is 2. The predicted octanol–water partition coefficient (Wildman–Crippen LogP) is 2.00. The first-order valence-electron chi connectivity index (χ1n) is 9.19. The number of carbonyl (C=O) groups is 2. The van der Waals surface area contributed by atoms with Crippen LogP contribution < -0.4 is 15.5 Å². The van der Waals surface area contributed by atoms with Crippen molar-refractivity contribution >= 4 is 23.2 Å². The summed E-state index contributed by atoms with van der Waals surface area (Å²) >= 11 is 0. The van der Waals surface area contributed by atoms with Crippen LogP contribution in [0.4, 0.5) is 11.4 Å². The lowest BCUT2D eigenvalue weighted by Gasteiger charge is -2.29. The van der Waals surface area contributed by atoms with Crippen LogP contribution in [-0.4, -0.2) is 35.1 Å². The van der Waals surface area contributed by atoms with Crippen LogP contribution in [0.25, 0.3) is 0 Å². The van der Waals surface area contributed by atoms with E-state index in [1.165, 1.54) is 0 Å². The number of carbonyl (C=O) groups excluding carboxylic acids is 2. The first-order chi connectivity index (χ1) is 12.7. The molecule has 2 amide bonds. The summed E-state index contributed by atoms with van der Waals surface area (Å²) in [5.41, 5.74) is 5.23. The van der Waals surface area contributed by atoms with Crippen molar-refractivity contribution in [3.8, 4) is 0 Å². The Morgan fingerprint density at radius 2 is 2.19 bits per heavy atom. The SMILES string of the molecule is CCCN1C(=O)CCc2cc(NC(=O)c3n[nH]c4c3CNCC4)ccc21. The zero-order chi connectivity index (χ0) is 18.1. The minimum absolute atomic E-state index is 0.173. The van der Waals surface area contributed by atoms with Crippen LogP contribution in [0.2, 0.25) is 0 Å². The summed E-state index contributed by atoms with van der Waals surface area (Å²) in [5.74, 6) is -0.0322. The van der Waals surface area contributed by atoms with Gasteiger partial charge in [0.1, 0.15) is 0 Å². The van der Waals surface area contributed by atoms with E-state index in [-0.39, 0.29) is 11.8 Å². The molecule has 0 unspecified atom stereocenters. The topological polar surface area (TPSA) is 90.1 Å². The zero-order valence-corrected chi connectivity index (χ0v) is 14.9. The number of aromatic amines is 1. The standard InChI is InChI=1S/C19H23N5O2/c1-2-9-24-16-5-4-13(10-12(16)3-6-17(24)25)21-19(26)18-14-11-20-8-7-15(14)22-23-18/h4-5,10,20H,2-3,6-9,11H2,1H3,(H,21,26)(H,22,23). The summed E-state index contributed by atoms with van der Waals surface area (Å²) < 4.78 is 0. The third kappa shape index (κ3) is 2.99. The maximum Gasteiger partial charge on any atom is 0.276 e. The lowest BCUT2D eigenvalue weighted by Crippen LogP contribution is -2.35. The summed E-state index contributed by atoms with van der Waals surface area (Å²) in [6, 6.07) is 5.76. The molecule has 0 bridgehead atoms. The fraction of sp³-hybridized carbons (Fsp3) is 0.421. The zero-order valence-electron chi connectivity index (χ0n) is 14.9. The Hall–Kier alpha value is -2.67. The molecule has 4 rings (SSSR count). The average molecular weight is 353 g/mol. The molecule has 1 aromatic carbocycles. The predicted molar refractivity (Wildman–Crippen MR) is 99.4 cm³/mol. The number of anilines is 2. The minimum Gasteiger partial charge on any atom is -0.321 e. The highest BCUT2D eigenvalue weighted by Gasteiger charge is 2.25. The number of rotatable bonds is 4. The van der Waals surface area contributed by atoms with Crippen LogP contribution in [0, 0.1) is 0 Å². The first kappa shape index (κ1) is 16.8. The molecule has 0 atom stereocenters. The number of aryl methyl sites for hydroxylation is 1. The average Bonchev–Trinajstić information content (AvgIpc) is 3.08. The number of hydrogen-bond acceptors (Lipinski definition) is 4. The van der Waals surface area contributed by atoms with E-state index >= 15 is 0 Å². The van der Waals surface area contributed by atoms with E-state index in [9.17, 15) is 9.59 Å². The van der Waals surface area contributed by atoms with Crippen molar-refractivity contribution in [3.05, 3.63) is 40.7 Å². The molecule has 26 heavy (non-hydrogen) atoms. The van der Waals surface area contributed by atoms with Gasteiger partial charge in [-0.25, -0.2) is 0 Å². The molecule has 0 radical (unpaired) electrons. The van der Waals surface area contributed by atoms with Gasteiger partial charge in [0.25, 0.3) is 5.91 Å². The van der Waals surface area contributed by atoms with Crippen molar-refractivity contribution in [1.29, 1.82) is 0 Å². The molecule has 2 aromatic rings. The monoisotopic (exact) mass is 353 g/mol. The third-order valence-corrected chi connectivity index (χ3v) is 5.01. The van der Waals surface area contributed by atoms with Gasteiger partial charge in [-0.1, -0.05) is 6.92 Å². The second kappa shape index (κ2) is 6.92. The van der Waals surface area contributed by atoms with E-state index in [1.54, 1.807) is 0 Å². The molecule has 136 valence electrons. The quantitative estimate of drug-likeness (QED) is 0.784. The Morgan fingerprint density at radius 1 is 1.31 bits per heavy atom. The Morgan fingerprint density at radius 3 is 3.04 bits per heavy atom. The summed E-state index contributed by atoms with van der Waals surface area (Å²) in [7, 11) is 0. The molecule has 0 spiro atoms. The van der Waals surface area contributed by atoms with E-state index in [1.807, 2.05) is 23.1 Å². The van der Waals surface area contributed by atoms with Crippen LogP contribution in [-0.2, 0) is 24.2 Å². The van der Waals surface area contributed by atoms with Crippen molar-refractivity contribution in [2.45, 2.75) is 39.2 Å². The van der Waals surface area contributed by atoms with Crippen LogP contribution in [0.1, 0.15) is 47.1 Å². The van der Waals surface area contributed by atoms with Gasteiger partial charge < -0.3 is 15.5 Å².